The molecule has 0 N–H and O–H groups in total. The molecule has 4 unspecified atom stereocenters. The average Bonchev–Trinajstić information content (AvgIpc) is 3.47. The van der Waals surface area contributed by atoms with Crippen LogP contribution in [0.15, 0.2) is 60.2 Å². The van der Waals surface area contributed by atoms with Crippen molar-refractivity contribution in [1.29, 1.82) is 0 Å². The van der Waals surface area contributed by atoms with Gasteiger partial charge in [0.05, 0.1) is 30.2 Å². The number of esters is 1. The zero-order chi connectivity index (χ0) is 23.3. The molecule has 168 valence electrons. The molecule has 33 heavy (non-hydrogen) atoms. The topological polar surface area (TPSA) is 90.0 Å². The number of hydrogen-bond donors (Lipinski definition) is 0. The standard InChI is InChI=1S/C26H23NO6/c1-14-9-17-12-20(14)23-22(17)24(29)27(25(23)30)18-7-3-6-16(10-18)26(31)33-13-21(28)15-5-4-8-19(11-15)32-2/h3-11,17,20,22-23H,12-13H2,1-2H3. The quantitative estimate of drug-likeness (QED) is 0.293. The van der Waals surface area contributed by atoms with Gasteiger partial charge in [0.2, 0.25) is 11.8 Å². The number of hydrogen-bond acceptors (Lipinski definition) is 6. The molecule has 2 aliphatic carbocycles. The molecule has 7 heteroatoms. The number of anilines is 1. The number of Topliss-reactive ketones (excluding diaryl/α,β-unsaturated/α-hetero) is 1. The molecule has 2 amide bonds. The predicted octanol–water partition coefficient (Wildman–Crippen LogP) is 3.44. The van der Waals surface area contributed by atoms with Crippen molar-refractivity contribution in [2.75, 3.05) is 18.6 Å². The summed E-state index contributed by atoms with van der Waals surface area (Å²) in [7, 11) is 1.50. The third kappa shape index (κ3) is 3.44. The molecule has 1 aliphatic heterocycles. The van der Waals surface area contributed by atoms with E-state index >= 15 is 0 Å². The van der Waals surface area contributed by atoms with Gasteiger partial charge in [-0.3, -0.25) is 14.4 Å². The number of carbonyl (C=O) groups excluding carboxylic acids is 4. The molecule has 0 spiro atoms. The Kier molecular flexibility index (Phi) is 5.12. The van der Waals surface area contributed by atoms with Crippen molar-refractivity contribution < 1.29 is 28.7 Å². The normalized spacial score (nSPS) is 25.2. The summed E-state index contributed by atoms with van der Waals surface area (Å²) < 4.78 is 10.3. The molecular formula is C26H23NO6. The molecule has 5 rings (SSSR count). The lowest BCUT2D eigenvalue weighted by Crippen LogP contribution is -2.33. The summed E-state index contributed by atoms with van der Waals surface area (Å²) in [6.45, 7) is 1.58. The van der Waals surface area contributed by atoms with E-state index in [0.29, 0.717) is 17.0 Å². The van der Waals surface area contributed by atoms with E-state index in [9.17, 15) is 19.2 Å². The van der Waals surface area contributed by atoms with Gasteiger partial charge in [-0.15, -0.1) is 0 Å². The number of fused-ring (bicyclic) bond motifs is 5. The molecule has 2 aromatic rings. The van der Waals surface area contributed by atoms with Gasteiger partial charge in [0, 0.05) is 5.56 Å². The number of nitrogens with zero attached hydrogens (tertiary/aromatic N) is 1. The number of ether oxygens (including phenoxy) is 2. The Hall–Kier alpha value is -3.74. The van der Waals surface area contributed by atoms with Crippen LogP contribution in [0.1, 0.15) is 34.1 Å². The Bertz CT molecular complexity index is 1210. The first-order valence-electron chi connectivity index (χ1n) is 10.9. The molecule has 1 saturated heterocycles. The minimum atomic E-state index is -0.704. The zero-order valence-electron chi connectivity index (χ0n) is 18.3. The van der Waals surface area contributed by atoms with Crippen LogP contribution >= 0.6 is 0 Å². The van der Waals surface area contributed by atoms with Crippen LogP contribution in [0.25, 0.3) is 0 Å². The number of rotatable bonds is 6. The van der Waals surface area contributed by atoms with Crippen LogP contribution in [0, 0.1) is 23.7 Å². The minimum absolute atomic E-state index is 0.109. The van der Waals surface area contributed by atoms with Gasteiger partial charge in [-0.25, -0.2) is 9.69 Å². The van der Waals surface area contributed by atoms with Crippen molar-refractivity contribution >= 4 is 29.3 Å². The molecule has 4 atom stereocenters. The Morgan fingerprint density at radius 3 is 2.52 bits per heavy atom. The molecule has 2 bridgehead atoms. The van der Waals surface area contributed by atoms with Crippen molar-refractivity contribution in [1.82, 2.24) is 0 Å². The van der Waals surface area contributed by atoms with E-state index in [1.54, 1.807) is 36.4 Å². The van der Waals surface area contributed by atoms with Crippen LogP contribution in [0.2, 0.25) is 0 Å². The number of amides is 2. The lowest BCUT2D eigenvalue weighted by molar-refractivity contribution is -0.123. The van der Waals surface area contributed by atoms with Crippen LogP contribution < -0.4 is 9.64 Å². The molecular weight excluding hydrogens is 422 g/mol. The van der Waals surface area contributed by atoms with Crippen molar-refractivity contribution in [2.45, 2.75) is 13.3 Å². The highest BCUT2D eigenvalue weighted by atomic mass is 16.5. The first kappa shape index (κ1) is 21.1. The number of methoxy groups -OCH3 is 1. The Balaban J connectivity index is 1.30. The fraction of sp³-hybridized carbons (Fsp3) is 0.308. The minimum Gasteiger partial charge on any atom is -0.497 e. The molecule has 1 saturated carbocycles. The van der Waals surface area contributed by atoms with Gasteiger partial charge in [0.15, 0.2) is 12.4 Å². The van der Waals surface area contributed by atoms with Crippen LogP contribution in [-0.4, -0.2) is 37.3 Å². The highest BCUT2D eigenvalue weighted by Gasteiger charge is 2.60. The molecule has 7 nitrogen and oxygen atoms in total. The van der Waals surface area contributed by atoms with Gasteiger partial charge >= 0.3 is 5.97 Å². The smallest absolute Gasteiger partial charge is 0.338 e. The maximum atomic E-state index is 13.1. The fourth-order valence-electron chi connectivity index (χ4n) is 5.40. The van der Waals surface area contributed by atoms with E-state index in [-0.39, 0.29) is 46.8 Å². The molecule has 0 radical (unpaired) electrons. The highest BCUT2D eigenvalue weighted by molar-refractivity contribution is 6.23. The van der Waals surface area contributed by atoms with Crippen molar-refractivity contribution in [2.24, 2.45) is 23.7 Å². The van der Waals surface area contributed by atoms with Crippen LogP contribution in [-0.2, 0) is 14.3 Å². The largest absolute Gasteiger partial charge is 0.497 e. The number of carbonyl (C=O) groups is 4. The first-order valence-corrected chi connectivity index (χ1v) is 10.9. The molecule has 2 fully saturated rings. The monoisotopic (exact) mass is 445 g/mol. The maximum Gasteiger partial charge on any atom is 0.338 e. The van der Waals surface area contributed by atoms with E-state index in [4.69, 9.17) is 9.47 Å². The summed E-state index contributed by atoms with van der Waals surface area (Å²) in [6.07, 6.45) is 2.98. The van der Waals surface area contributed by atoms with Gasteiger partial charge in [-0.2, -0.15) is 0 Å². The Morgan fingerprint density at radius 1 is 1.00 bits per heavy atom. The van der Waals surface area contributed by atoms with E-state index in [1.165, 1.54) is 29.7 Å². The van der Waals surface area contributed by atoms with Gasteiger partial charge in [-0.1, -0.05) is 29.8 Å². The second kappa shape index (κ2) is 7.99. The molecule has 0 aromatic heterocycles. The Labute approximate surface area is 191 Å². The maximum absolute atomic E-state index is 13.1. The number of benzene rings is 2. The fourth-order valence-corrected chi connectivity index (χ4v) is 5.40. The summed E-state index contributed by atoms with van der Waals surface area (Å²) >= 11 is 0. The van der Waals surface area contributed by atoms with Crippen molar-refractivity contribution in [3.8, 4) is 5.75 Å². The number of ketones is 1. The lowest BCUT2D eigenvalue weighted by Gasteiger charge is -2.19. The van der Waals surface area contributed by atoms with Crippen LogP contribution in [0.4, 0.5) is 5.69 Å². The summed E-state index contributed by atoms with van der Waals surface area (Å²) in [5.74, 6) is -1.35. The average molecular weight is 445 g/mol. The molecule has 1 heterocycles. The second-order valence-electron chi connectivity index (χ2n) is 8.76. The van der Waals surface area contributed by atoms with E-state index in [2.05, 4.69) is 6.08 Å². The molecule has 3 aliphatic rings. The number of imide groups is 1. The molecule has 2 aromatic carbocycles. The van der Waals surface area contributed by atoms with Gasteiger partial charge < -0.3 is 9.47 Å². The third-order valence-electron chi connectivity index (χ3n) is 6.95. The first-order chi connectivity index (χ1) is 15.9. The third-order valence-corrected chi connectivity index (χ3v) is 6.95. The number of allylic oxidation sites excluding steroid dienone is 2. The van der Waals surface area contributed by atoms with E-state index < -0.39 is 12.6 Å². The summed E-state index contributed by atoms with van der Waals surface area (Å²) in [5.41, 5.74) is 2.07. The summed E-state index contributed by atoms with van der Waals surface area (Å²) in [4.78, 5) is 52.4. The van der Waals surface area contributed by atoms with Gasteiger partial charge in [-0.05, 0) is 55.5 Å². The SMILES string of the molecule is COc1cccc(C(=O)COC(=O)c2cccc(N3C(=O)C4C5C=C(C)C(C5)C4C3=O)c2)c1. The lowest BCUT2D eigenvalue weighted by atomic mass is 9.82. The summed E-state index contributed by atoms with van der Waals surface area (Å²) in [5, 5.41) is 0. The second-order valence-corrected chi connectivity index (χ2v) is 8.76. The van der Waals surface area contributed by atoms with Crippen molar-refractivity contribution in [3.05, 3.63) is 71.3 Å². The summed E-state index contributed by atoms with van der Waals surface area (Å²) in [6, 6.07) is 12.8. The van der Waals surface area contributed by atoms with Gasteiger partial charge in [0.25, 0.3) is 0 Å². The zero-order valence-corrected chi connectivity index (χ0v) is 18.3. The van der Waals surface area contributed by atoms with E-state index in [1.807, 2.05) is 6.92 Å². The van der Waals surface area contributed by atoms with E-state index in [0.717, 1.165) is 6.42 Å². The Morgan fingerprint density at radius 2 is 1.73 bits per heavy atom. The highest BCUT2D eigenvalue weighted by Crippen LogP contribution is 2.55. The van der Waals surface area contributed by atoms with Crippen LogP contribution in [0.3, 0.4) is 0 Å². The van der Waals surface area contributed by atoms with Crippen LogP contribution in [0.5, 0.6) is 5.75 Å². The van der Waals surface area contributed by atoms with Gasteiger partial charge in [0.1, 0.15) is 5.75 Å². The predicted molar refractivity (Wildman–Crippen MR) is 119 cm³/mol. The van der Waals surface area contributed by atoms with Crippen molar-refractivity contribution in [3.63, 3.8) is 0 Å².